The summed E-state index contributed by atoms with van der Waals surface area (Å²) in [4.78, 5) is 19.6. The Morgan fingerprint density at radius 3 is 2.93 bits per heavy atom. The van der Waals surface area contributed by atoms with Crippen molar-refractivity contribution in [3.8, 4) is 0 Å². The van der Waals surface area contributed by atoms with E-state index in [1.807, 2.05) is 29.1 Å². The zero-order valence-electron chi connectivity index (χ0n) is 15.9. The van der Waals surface area contributed by atoms with Gasteiger partial charge in [0.15, 0.2) is 0 Å². The molecule has 2 N–H and O–H groups in total. The van der Waals surface area contributed by atoms with Crippen LogP contribution in [0.15, 0.2) is 30.6 Å². The smallest absolute Gasteiger partial charge is 0.256 e. The highest BCUT2D eigenvalue weighted by atomic mass is 16.1. The molecule has 4 rings (SSSR count). The van der Waals surface area contributed by atoms with Crippen molar-refractivity contribution < 1.29 is 4.79 Å². The fraction of sp³-hybridized carbons (Fsp3) is 0.550. The first kappa shape index (κ1) is 18.0. The highest BCUT2D eigenvalue weighted by molar-refractivity contribution is 5.98. The first-order valence-electron chi connectivity index (χ1n) is 9.98. The lowest BCUT2D eigenvalue weighted by atomic mass is 10.0. The standard InChI is InChI=1S/C20H28N6O/c1-15-13-18(17-7-3-4-8-21-17)24-19-16(14-23-26(15)19)20(27)22-9-12-25-10-5-2-6-11-25/h3-4,7-8,14-15,18,24H,2,5-6,9-13H2,1H3,(H,22,27). The summed E-state index contributed by atoms with van der Waals surface area (Å²) in [5.41, 5.74) is 1.61. The van der Waals surface area contributed by atoms with Crippen LogP contribution in [-0.4, -0.2) is 51.8 Å². The molecule has 1 fully saturated rings. The van der Waals surface area contributed by atoms with E-state index >= 15 is 0 Å². The summed E-state index contributed by atoms with van der Waals surface area (Å²) in [7, 11) is 0. The van der Waals surface area contributed by atoms with Gasteiger partial charge in [-0.2, -0.15) is 5.10 Å². The molecule has 0 bridgehead atoms. The van der Waals surface area contributed by atoms with Gasteiger partial charge in [-0.15, -0.1) is 0 Å². The predicted octanol–water partition coefficient (Wildman–Crippen LogP) is 2.61. The lowest BCUT2D eigenvalue weighted by Crippen LogP contribution is -2.38. The number of amides is 1. The summed E-state index contributed by atoms with van der Waals surface area (Å²) < 4.78 is 1.92. The van der Waals surface area contributed by atoms with E-state index in [-0.39, 0.29) is 18.0 Å². The largest absolute Gasteiger partial charge is 0.361 e. The van der Waals surface area contributed by atoms with Gasteiger partial charge in [-0.25, -0.2) is 4.68 Å². The van der Waals surface area contributed by atoms with Crippen LogP contribution in [0.3, 0.4) is 0 Å². The van der Waals surface area contributed by atoms with Gasteiger partial charge in [-0.1, -0.05) is 12.5 Å². The second-order valence-corrected chi connectivity index (χ2v) is 7.55. The first-order chi connectivity index (χ1) is 13.2. The fourth-order valence-corrected chi connectivity index (χ4v) is 4.05. The number of carbonyl (C=O) groups is 1. The number of piperidine rings is 1. The molecule has 2 aromatic rings. The molecule has 0 saturated carbocycles. The number of carbonyl (C=O) groups excluding carboxylic acids is 1. The van der Waals surface area contributed by atoms with Gasteiger partial charge in [-0.3, -0.25) is 9.78 Å². The van der Waals surface area contributed by atoms with Crippen LogP contribution in [0, 0.1) is 0 Å². The molecule has 1 saturated heterocycles. The highest BCUT2D eigenvalue weighted by Gasteiger charge is 2.30. The number of hydrogen-bond donors (Lipinski definition) is 2. The van der Waals surface area contributed by atoms with Gasteiger partial charge in [0.25, 0.3) is 5.91 Å². The van der Waals surface area contributed by atoms with E-state index in [4.69, 9.17) is 0 Å². The Labute approximate surface area is 160 Å². The number of hydrogen-bond acceptors (Lipinski definition) is 5. The number of nitrogens with zero attached hydrogens (tertiary/aromatic N) is 4. The number of pyridine rings is 1. The summed E-state index contributed by atoms with van der Waals surface area (Å²) >= 11 is 0. The van der Waals surface area contributed by atoms with Crippen molar-refractivity contribution in [3.63, 3.8) is 0 Å². The minimum absolute atomic E-state index is 0.0605. The van der Waals surface area contributed by atoms with Crippen molar-refractivity contribution in [2.75, 3.05) is 31.5 Å². The van der Waals surface area contributed by atoms with E-state index in [0.717, 1.165) is 37.6 Å². The summed E-state index contributed by atoms with van der Waals surface area (Å²) in [6.45, 7) is 6.00. The average molecular weight is 368 g/mol. The predicted molar refractivity (Wildman–Crippen MR) is 105 cm³/mol. The SMILES string of the molecule is CC1CC(c2ccccn2)Nc2c(C(=O)NCCN3CCCCC3)cnn21. The first-order valence-corrected chi connectivity index (χ1v) is 9.98. The summed E-state index contributed by atoms with van der Waals surface area (Å²) in [5.74, 6) is 0.731. The molecule has 2 aromatic heterocycles. The molecule has 7 nitrogen and oxygen atoms in total. The second kappa shape index (κ2) is 8.08. The summed E-state index contributed by atoms with van der Waals surface area (Å²) in [6, 6.07) is 6.23. The topological polar surface area (TPSA) is 75.1 Å². The van der Waals surface area contributed by atoms with Gasteiger partial charge in [0.05, 0.1) is 24.0 Å². The number of nitrogens with one attached hydrogen (secondary N) is 2. The second-order valence-electron chi connectivity index (χ2n) is 7.55. The Kier molecular flexibility index (Phi) is 5.38. The molecule has 1 amide bonds. The van der Waals surface area contributed by atoms with Crippen LogP contribution in [0.5, 0.6) is 0 Å². The Balaban J connectivity index is 1.42. The molecular weight excluding hydrogens is 340 g/mol. The maximum Gasteiger partial charge on any atom is 0.256 e. The van der Waals surface area contributed by atoms with Gasteiger partial charge in [0, 0.05) is 19.3 Å². The zero-order valence-corrected chi connectivity index (χ0v) is 15.9. The molecule has 2 aliphatic heterocycles. The minimum atomic E-state index is -0.0605. The third-order valence-corrected chi connectivity index (χ3v) is 5.55. The van der Waals surface area contributed by atoms with Crippen LogP contribution in [-0.2, 0) is 0 Å². The van der Waals surface area contributed by atoms with E-state index in [9.17, 15) is 4.79 Å². The highest BCUT2D eigenvalue weighted by Crippen LogP contribution is 2.35. The molecule has 27 heavy (non-hydrogen) atoms. The molecule has 0 aromatic carbocycles. The van der Waals surface area contributed by atoms with E-state index in [2.05, 4.69) is 32.5 Å². The molecule has 2 atom stereocenters. The van der Waals surface area contributed by atoms with Gasteiger partial charge in [-0.05, 0) is 51.4 Å². The quantitative estimate of drug-likeness (QED) is 0.849. The molecule has 0 radical (unpaired) electrons. The van der Waals surface area contributed by atoms with Gasteiger partial charge in [0.2, 0.25) is 0 Å². The monoisotopic (exact) mass is 368 g/mol. The van der Waals surface area contributed by atoms with Crippen molar-refractivity contribution in [1.29, 1.82) is 0 Å². The third-order valence-electron chi connectivity index (χ3n) is 5.55. The average Bonchev–Trinajstić information content (AvgIpc) is 3.14. The van der Waals surface area contributed by atoms with Crippen molar-refractivity contribution in [1.82, 2.24) is 25.0 Å². The summed E-state index contributed by atoms with van der Waals surface area (Å²) in [5, 5.41) is 11.0. The maximum absolute atomic E-state index is 12.7. The summed E-state index contributed by atoms with van der Waals surface area (Å²) in [6.07, 6.45) is 8.23. The number of rotatable bonds is 5. The Morgan fingerprint density at radius 1 is 1.30 bits per heavy atom. The molecule has 0 spiro atoms. The van der Waals surface area contributed by atoms with Gasteiger partial charge >= 0.3 is 0 Å². The Morgan fingerprint density at radius 2 is 2.15 bits per heavy atom. The molecule has 0 aliphatic carbocycles. The van der Waals surface area contributed by atoms with E-state index in [1.54, 1.807) is 6.20 Å². The molecule has 2 aliphatic rings. The number of aromatic nitrogens is 3. The Hall–Kier alpha value is -2.41. The minimum Gasteiger partial charge on any atom is -0.361 e. The van der Waals surface area contributed by atoms with Crippen molar-refractivity contribution in [2.45, 2.75) is 44.7 Å². The van der Waals surface area contributed by atoms with Crippen LogP contribution in [0.1, 0.15) is 60.7 Å². The number of anilines is 1. The van der Waals surface area contributed by atoms with E-state index < -0.39 is 0 Å². The van der Waals surface area contributed by atoms with Gasteiger partial charge in [0.1, 0.15) is 11.4 Å². The lowest BCUT2D eigenvalue weighted by molar-refractivity contribution is 0.0947. The van der Waals surface area contributed by atoms with E-state index in [1.165, 1.54) is 19.3 Å². The van der Waals surface area contributed by atoms with Crippen LogP contribution in [0.2, 0.25) is 0 Å². The van der Waals surface area contributed by atoms with E-state index in [0.29, 0.717) is 12.1 Å². The molecular formula is C20H28N6O. The number of likely N-dealkylation sites (tertiary alicyclic amines) is 1. The third kappa shape index (κ3) is 3.98. The molecule has 144 valence electrons. The van der Waals surface area contributed by atoms with Crippen molar-refractivity contribution in [2.24, 2.45) is 0 Å². The Bertz CT molecular complexity index is 768. The molecule has 4 heterocycles. The molecule has 2 unspecified atom stereocenters. The van der Waals surface area contributed by atoms with Crippen molar-refractivity contribution >= 4 is 11.7 Å². The van der Waals surface area contributed by atoms with Crippen LogP contribution < -0.4 is 10.6 Å². The van der Waals surface area contributed by atoms with Gasteiger partial charge < -0.3 is 15.5 Å². The number of fused-ring (bicyclic) bond motifs is 1. The normalized spacial score (nSPS) is 22.7. The van der Waals surface area contributed by atoms with Crippen LogP contribution in [0.25, 0.3) is 0 Å². The maximum atomic E-state index is 12.7. The van der Waals surface area contributed by atoms with Crippen molar-refractivity contribution in [3.05, 3.63) is 41.9 Å². The molecule has 7 heteroatoms. The zero-order chi connectivity index (χ0) is 18.6. The van der Waals surface area contributed by atoms with Crippen LogP contribution >= 0.6 is 0 Å². The lowest BCUT2D eigenvalue weighted by Gasteiger charge is -2.30. The van der Waals surface area contributed by atoms with Crippen LogP contribution in [0.4, 0.5) is 5.82 Å². The fourth-order valence-electron chi connectivity index (χ4n) is 4.05.